The summed E-state index contributed by atoms with van der Waals surface area (Å²) >= 11 is 0. The molecule has 7 heteroatoms. The minimum absolute atomic E-state index is 0.166. The zero-order valence-corrected chi connectivity index (χ0v) is 8.91. The molecule has 0 saturated carbocycles. The average molecular weight is 244 g/mol. The van der Waals surface area contributed by atoms with Crippen molar-refractivity contribution in [1.82, 2.24) is 14.5 Å². The maximum atomic E-state index is 12.8. The van der Waals surface area contributed by atoms with E-state index in [9.17, 15) is 13.2 Å². The molecule has 0 aliphatic rings. The molecule has 92 valence electrons. The number of aromatic nitrogens is 3. The van der Waals surface area contributed by atoms with Gasteiger partial charge in [-0.25, -0.2) is 9.97 Å². The van der Waals surface area contributed by atoms with Crippen LogP contribution in [0.5, 0.6) is 0 Å². The van der Waals surface area contributed by atoms with Crippen LogP contribution in [0.1, 0.15) is 12.2 Å². The number of fused-ring (bicyclic) bond motifs is 1. The number of aryl methyl sites for hydroxylation is 1. The number of rotatable bonds is 3. The predicted octanol–water partition coefficient (Wildman–Crippen LogP) is 1.80. The molecule has 4 nitrogen and oxygen atoms in total. The lowest BCUT2D eigenvalue weighted by Gasteiger charge is -2.09. The second-order valence-corrected chi connectivity index (χ2v) is 3.57. The minimum atomic E-state index is -4.48. The van der Waals surface area contributed by atoms with Crippen LogP contribution < -0.4 is 5.73 Å². The molecule has 2 aromatic rings. The van der Waals surface area contributed by atoms with Gasteiger partial charge in [0.05, 0.1) is 0 Å². The van der Waals surface area contributed by atoms with Gasteiger partial charge in [-0.2, -0.15) is 13.2 Å². The molecule has 0 aromatic carbocycles. The van der Waals surface area contributed by atoms with Crippen molar-refractivity contribution < 1.29 is 13.2 Å². The molecule has 0 saturated heterocycles. The van der Waals surface area contributed by atoms with Crippen molar-refractivity contribution in [2.75, 3.05) is 6.54 Å². The molecule has 0 bridgehead atoms. The van der Waals surface area contributed by atoms with E-state index in [0.717, 1.165) is 4.57 Å². The third kappa shape index (κ3) is 2.23. The molecule has 0 aliphatic carbocycles. The number of hydrogen-bond donors (Lipinski definition) is 1. The Morgan fingerprint density at radius 3 is 2.76 bits per heavy atom. The Labute approximate surface area is 95.3 Å². The lowest BCUT2D eigenvalue weighted by atomic mass is 10.4. The van der Waals surface area contributed by atoms with Gasteiger partial charge in [-0.3, -0.25) is 0 Å². The quantitative estimate of drug-likeness (QED) is 0.895. The molecule has 0 amide bonds. The van der Waals surface area contributed by atoms with Gasteiger partial charge in [0, 0.05) is 12.7 Å². The lowest BCUT2D eigenvalue weighted by molar-refractivity contribution is -0.147. The summed E-state index contributed by atoms with van der Waals surface area (Å²) in [7, 11) is 0. The second-order valence-electron chi connectivity index (χ2n) is 3.57. The van der Waals surface area contributed by atoms with Gasteiger partial charge in [0.25, 0.3) is 0 Å². The zero-order valence-electron chi connectivity index (χ0n) is 8.91. The first kappa shape index (κ1) is 11.8. The van der Waals surface area contributed by atoms with E-state index in [0.29, 0.717) is 13.0 Å². The summed E-state index contributed by atoms with van der Waals surface area (Å²) < 4.78 is 39.4. The third-order valence-corrected chi connectivity index (χ3v) is 2.34. The van der Waals surface area contributed by atoms with Gasteiger partial charge in [-0.1, -0.05) is 0 Å². The predicted molar refractivity (Wildman–Crippen MR) is 56.2 cm³/mol. The summed E-state index contributed by atoms with van der Waals surface area (Å²) in [5.41, 5.74) is 5.80. The van der Waals surface area contributed by atoms with E-state index in [1.807, 2.05) is 0 Å². The van der Waals surface area contributed by atoms with Crippen LogP contribution in [0.4, 0.5) is 13.2 Å². The summed E-state index contributed by atoms with van der Waals surface area (Å²) in [6.45, 7) is 0.489. The SMILES string of the molecule is NCCCn1c(C(F)(F)F)nc2cccnc21. The molecule has 2 rings (SSSR count). The molecule has 2 N–H and O–H groups in total. The van der Waals surface area contributed by atoms with Crippen LogP contribution in [0.25, 0.3) is 11.2 Å². The summed E-state index contributed by atoms with van der Waals surface area (Å²) in [6.07, 6.45) is -2.58. The molecule has 0 unspecified atom stereocenters. The van der Waals surface area contributed by atoms with E-state index >= 15 is 0 Å². The third-order valence-electron chi connectivity index (χ3n) is 2.34. The number of alkyl halides is 3. The van der Waals surface area contributed by atoms with Gasteiger partial charge in [-0.05, 0) is 25.1 Å². The maximum Gasteiger partial charge on any atom is 0.449 e. The Morgan fingerprint density at radius 1 is 1.35 bits per heavy atom. The highest BCUT2D eigenvalue weighted by atomic mass is 19.4. The number of nitrogens with two attached hydrogens (primary N) is 1. The van der Waals surface area contributed by atoms with E-state index in [-0.39, 0.29) is 17.7 Å². The van der Waals surface area contributed by atoms with Gasteiger partial charge >= 0.3 is 6.18 Å². The summed E-state index contributed by atoms with van der Waals surface area (Å²) in [4.78, 5) is 7.50. The van der Waals surface area contributed by atoms with E-state index in [1.54, 1.807) is 6.07 Å². The summed E-state index contributed by atoms with van der Waals surface area (Å²) in [5.74, 6) is -0.917. The number of halogens is 3. The summed E-state index contributed by atoms with van der Waals surface area (Å²) in [6, 6.07) is 3.07. The second kappa shape index (κ2) is 4.33. The highest BCUT2D eigenvalue weighted by Gasteiger charge is 2.37. The lowest BCUT2D eigenvalue weighted by Crippen LogP contribution is -2.16. The first-order chi connectivity index (χ1) is 8.04. The Morgan fingerprint density at radius 2 is 2.12 bits per heavy atom. The van der Waals surface area contributed by atoms with Crippen molar-refractivity contribution in [2.45, 2.75) is 19.1 Å². The van der Waals surface area contributed by atoms with Crippen LogP contribution in [0.3, 0.4) is 0 Å². The Hall–Kier alpha value is -1.63. The largest absolute Gasteiger partial charge is 0.449 e. The summed E-state index contributed by atoms with van der Waals surface area (Å²) in [5, 5.41) is 0. The molecule has 17 heavy (non-hydrogen) atoms. The molecular weight excluding hydrogens is 233 g/mol. The Kier molecular flexibility index (Phi) is 3.01. The van der Waals surface area contributed by atoms with Gasteiger partial charge in [0.2, 0.25) is 5.82 Å². The average Bonchev–Trinajstić information content (AvgIpc) is 2.65. The van der Waals surface area contributed by atoms with Crippen LogP contribution in [0.2, 0.25) is 0 Å². The van der Waals surface area contributed by atoms with Crippen molar-refractivity contribution in [1.29, 1.82) is 0 Å². The minimum Gasteiger partial charge on any atom is -0.330 e. The van der Waals surface area contributed by atoms with Crippen LogP contribution >= 0.6 is 0 Å². The van der Waals surface area contributed by atoms with E-state index in [1.165, 1.54) is 12.3 Å². The monoisotopic (exact) mass is 244 g/mol. The van der Waals surface area contributed by atoms with Crippen molar-refractivity contribution in [3.63, 3.8) is 0 Å². The van der Waals surface area contributed by atoms with E-state index in [4.69, 9.17) is 5.73 Å². The zero-order chi connectivity index (χ0) is 12.5. The molecule has 0 atom stereocenters. The topological polar surface area (TPSA) is 56.7 Å². The highest BCUT2D eigenvalue weighted by Crippen LogP contribution is 2.30. The van der Waals surface area contributed by atoms with E-state index < -0.39 is 12.0 Å². The molecular formula is C10H11F3N4. The maximum absolute atomic E-state index is 12.8. The standard InChI is InChI=1S/C10H11F3N4/c11-10(12,13)9-16-7-3-1-5-15-8(7)17(9)6-2-4-14/h1,3,5H,2,4,6,14H2. The van der Waals surface area contributed by atoms with Crippen molar-refractivity contribution in [2.24, 2.45) is 5.73 Å². The molecule has 2 heterocycles. The number of pyridine rings is 1. The van der Waals surface area contributed by atoms with Crippen LogP contribution in [-0.2, 0) is 12.7 Å². The van der Waals surface area contributed by atoms with Crippen LogP contribution in [0, 0.1) is 0 Å². The number of imidazole rings is 1. The molecule has 2 aromatic heterocycles. The van der Waals surface area contributed by atoms with Gasteiger partial charge in [0.1, 0.15) is 5.52 Å². The fraction of sp³-hybridized carbons (Fsp3) is 0.400. The molecule has 0 spiro atoms. The molecule has 0 aliphatic heterocycles. The first-order valence-corrected chi connectivity index (χ1v) is 5.12. The fourth-order valence-electron chi connectivity index (χ4n) is 1.64. The van der Waals surface area contributed by atoms with Gasteiger partial charge in [0.15, 0.2) is 5.65 Å². The Bertz CT molecular complexity index is 518. The first-order valence-electron chi connectivity index (χ1n) is 5.12. The number of hydrogen-bond acceptors (Lipinski definition) is 3. The van der Waals surface area contributed by atoms with Gasteiger partial charge in [-0.15, -0.1) is 0 Å². The smallest absolute Gasteiger partial charge is 0.330 e. The fourth-order valence-corrected chi connectivity index (χ4v) is 1.64. The van der Waals surface area contributed by atoms with E-state index in [2.05, 4.69) is 9.97 Å². The van der Waals surface area contributed by atoms with Crippen LogP contribution in [0.15, 0.2) is 18.3 Å². The highest BCUT2D eigenvalue weighted by molar-refractivity contribution is 5.71. The normalized spacial score (nSPS) is 12.2. The van der Waals surface area contributed by atoms with Crippen LogP contribution in [-0.4, -0.2) is 21.1 Å². The van der Waals surface area contributed by atoms with Crippen molar-refractivity contribution in [3.8, 4) is 0 Å². The Balaban J connectivity index is 2.57. The number of nitrogens with zero attached hydrogens (tertiary/aromatic N) is 3. The molecule has 0 fully saturated rings. The van der Waals surface area contributed by atoms with Crippen molar-refractivity contribution in [3.05, 3.63) is 24.2 Å². The molecule has 0 radical (unpaired) electrons. The van der Waals surface area contributed by atoms with Crippen molar-refractivity contribution >= 4 is 11.2 Å². The van der Waals surface area contributed by atoms with Gasteiger partial charge < -0.3 is 10.3 Å².